The summed E-state index contributed by atoms with van der Waals surface area (Å²) < 4.78 is 1.89. The molecule has 0 radical (unpaired) electrons. The summed E-state index contributed by atoms with van der Waals surface area (Å²) in [5.74, 6) is 1.99. The number of nitrogens with zero attached hydrogens (tertiary/aromatic N) is 6. The number of aryl methyl sites for hydroxylation is 2. The fraction of sp³-hybridized carbons (Fsp3) is 0.421. The predicted octanol–water partition coefficient (Wildman–Crippen LogP) is 1.84. The lowest BCUT2D eigenvalue weighted by Gasteiger charge is -2.31. The van der Waals surface area contributed by atoms with E-state index in [0.29, 0.717) is 0 Å². The molecular formula is C19H23N7. The Balaban J connectivity index is 1.56. The third kappa shape index (κ3) is 2.42. The summed E-state index contributed by atoms with van der Waals surface area (Å²) >= 11 is 0. The van der Waals surface area contributed by atoms with Crippen LogP contribution in [0.1, 0.15) is 16.8 Å². The highest BCUT2D eigenvalue weighted by atomic mass is 15.4. The molecule has 0 unspecified atom stereocenters. The first-order valence-electron chi connectivity index (χ1n) is 9.25. The Labute approximate surface area is 152 Å². The van der Waals surface area contributed by atoms with Gasteiger partial charge in [-0.1, -0.05) is 0 Å². The monoisotopic (exact) mass is 349 g/mol. The molecule has 0 atom stereocenters. The maximum absolute atomic E-state index is 4.80. The van der Waals surface area contributed by atoms with Gasteiger partial charge < -0.3 is 15.1 Å². The molecule has 1 fully saturated rings. The van der Waals surface area contributed by atoms with Gasteiger partial charge in [0, 0.05) is 50.2 Å². The number of fused-ring (bicyclic) bond motifs is 2. The molecule has 2 aliphatic rings. The molecular weight excluding hydrogens is 326 g/mol. The zero-order valence-electron chi connectivity index (χ0n) is 15.2. The van der Waals surface area contributed by atoms with Crippen LogP contribution in [0.25, 0.3) is 5.65 Å². The molecule has 0 aromatic carbocycles. The van der Waals surface area contributed by atoms with Crippen molar-refractivity contribution in [3.05, 3.63) is 41.3 Å². The minimum absolute atomic E-state index is 0.914. The third-order valence-corrected chi connectivity index (χ3v) is 5.30. The van der Waals surface area contributed by atoms with E-state index < -0.39 is 0 Å². The molecule has 5 rings (SSSR count). The van der Waals surface area contributed by atoms with E-state index in [4.69, 9.17) is 10.1 Å². The van der Waals surface area contributed by atoms with Crippen LogP contribution in [0.4, 0.5) is 17.3 Å². The molecule has 26 heavy (non-hydrogen) atoms. The zero-order valence-corrected chi connectivity index (χ0v) is 15.2. The predicted molar refractivity (Wildman–Crippen MR) is 102 cm³/mol. The maximum atomic E-state index is 4.80. The number of imidazole rings is 1. The Bertz CT molecular complexity index is 971. The molecule has 3 aromatic heterocycles. The zero-order chi connectivity index (χ0) is 17.7. The second-order valence-corrected chi connectivity index (χ2v) is 7.11. The third-order valence-electron chi connectivity index (χ3n) is 5.30. The highest BCUT2D eigenvalue weighted by Crippen LogP contribution is 2.37. The summed E-state index contributed by atoms with van der Waals surface area (Å²) in [5.41, 5.74) is 5.72. The first kappa shape index (κ1) is 15.6. The normalized spacial score (nSPS) is 17.2. The first-order chi connectivity index (χ1) is 12.7. The van der Waals surface area contributed by atoms with Gasteiger partial charge in [0.1, 0.15) is 5.82 Å². The van der Waals surface area contributed by atoms with Crippen LogP contribution < -0.4 is 15.1 Å². The topological polar surface area (TPSA) is 61.6 Å². The highest BCUT2D eigenvalue weighted by molar-refractivity contribution is 5.73. The van der Waals surface area contributed by atoms with E-state index >= 15 is 0 Å². The Kier molecular flexibility index (Phi) is 3.56. The molecule has 0 aliphatic carbocycles. The number of hydrogen-bond acceptors (Lipinski definition) is 6. The molecule has 1 saturated heterocycles. The van der Waals surface area contributed by atoms with Crippen molar-refractivity contribution in [1.82, 2.24) is 24.9 Å². The van der Waals surface area contributed by atoms with Gasteiger partial charge in [-0.15, -0.1) is 5.10 Å². The van der Waals surface area contributed by atoms with Gasteiger partial charge in [0.05, 0.1) is 11.9 Å². The van der Waals surface area contributed by atoms with E-state index in [-0.39, 0.29) is 0 Å². The van der Waals surface area contributed by atoms with Crippen molar-refractivity contribution in [3.8, 4) is 0 Å². The summed E-state index contributed by atoms with van der Waals surface area (Å²) in [7, 11) is 0. The van der Waals surface area contributed by atoms with Gasteiger partial charge in [0.25, 0.3) is 0 Å². The van der Waals surface area contributed by atoms with Gasteiger partial charge in [0.15, 0.2) is 11.5 Å². The SMILES string of the molecule is Cc1cn2nc(N3CCc4c(N5CCNCC5)ccnc43)cc(C)c2n1. The van der Waals surface area contributed by atoms with E-state index in [1.807, 2.05) is 23.8 Å². The van der Waals surface area contributed by atoms with Crippen molar-refractivity contribution in [2.45, 2.75) is 20.3 Å². The van der Waals surface area contributed by atoms with Gasteiger partial charge in [-0.25, -0.2) is 14.5 Å². The molecule has 134 valence electrons. The van der Waals surface area contributed by atoms with Crippen LogP contribution in [0.5, 0.6) is 0 Å². The maximum Gasteiger partial charge on any atom is 0.156 e. The van der Waals surface area contributed by atoms with Crippen molar-refractivity contribution in [3.63, 3.8) is 0 Å². The van der Waals surface area contributed by atoms with Crippen molar-refractivity contribution in [2.75, 3.05) is 42.5 Å². The molecule has 0 amide bonds. The number of pyridine rings is 1. The van der Waals surface area contributed by atoms with Crippen LogP contribution in [0, 0.1) is 13.8 Å². The lowest BCUT2D eigenvalue weighted by molar-refractivity contribution is 0.588. The quantitative estimate of drug-likeness (QED) is 0.762. The van der Waals surface area contributed by atoms with E-state index in [9.17, 15) is 0 Å². The number of nitrogens with one attached hydrogen (secondary N) is 1. The summed E-state index contributed by atoms with van der Waals surface area (Å²) in [5, 5.41) is 8.22. The number of hydrogen-bond donors (Lipinski definition) is 1. The molecule has 7 heteroatoms. The molecule has 0 saturated carbocycles. The van der Waals surface area contributed by atoms with Crippen molar-refractivity contribution < 1.29 is 0 Å². The molecule has 2 aliphatic heterocycles. The summed E-state index contributed by atoms with van der Waals surface area (Å²) in [6.07, 6.45) is 4.92. The van der Waals surface area contributed by atoms with Crippen molar-refractivity contribution >= 4 is 23.0 Å². The summed E-state index contributed by atoms with van der Waals surface area (Å²) in [4.78, 5) is 14.0. The molecule has 1 N–H and O–H groups in total. The van der Waals surface area contributed by atoms with E-state index in [1.54, 1.807) is 0 Å². The molecule has 0 bridgehead atoms. The van der Waals surface area contributed by atoms with E-state index in [1.165, 1.54) is 11.3 Å². The van der Waals surface area contributed by atoms with Crippen LogP contribution in [-0.2, 0) is 6.42 Å². The lowest BCUT2D eigenvalue weighted by atomic mass is 10.1. The van der Waals surface area contributed by atoms with Crippen LogP contribution in [0.3, 0.4) is 0 Å². The highest BCUT2D eigenvalue weighted by Gasteiger charge is 2.28. The Morgan fingerprint density at radius 3 is 2.81 bits per heavy atom. The number of piperazine rings is 1. The summed E-state index contributed by atoms with van der Waals surface area (Å²) in [6.45, 7) is 9.18. The van der Waals surface area contributed by atoms with Crippen LogP contribution in [-0.4, -0.2) is 52.3 Å². The van der Waals surface area contributed by atoms with Crippen molar-refractivity contribution in [1.29, 1.82) is 0 Å². The smallest absolute Gasteiger partial charge is 0.156 e. The fourth-order valence-corrected chi connectivity index (χ4v) is 4.06. The Morgan fingerprint density at radius 2 is 1.96 bits per heavy atom. The minimum Gasteiger partial charge on any atom is -0.369 e. The summed E-state index contributed by atoms with van der Waals surface area (Å²) in [6, 6.07) is 4.28. The minimum atomic E-state index is 0.914. The van der Waals surface area contributed by atoms with E-state index in [2.05, 4.69) is 39.2 Å². The molecule has 3 aromatic rings. The molecule has 5 heterocycles. The van der Waals surface area contributed by atoms with Crippen LogP contribution in [0.15, 0.2) is 24.5 Å². The van der Waals surface area contributed by atoms with Crippen molar-refractivity contribution in [2.24, 2.45) is 0 Å². The van der Waals surface area contributed by atoms with E-state index in [0.717, 1.165) is 67.7 Å². The average Bonchev–Trinajstić information content (AvgIpc) is 3.25. The lowest BCUT2D eigenvalue weighted by Crippen LogP contribution is -2.43. The standard InChI is InChI=1S/C19H23N7/c1-13-11-17(23-26-12-14(2)22-18(13)26)25-8-4-15-16(3-5-21-19(15)25)24-9-6-20-7-10-24/h3,5,11-12,20H,4,6-10H2,1-2H3. The van der Waals surface area contributed by atoms with Gasteiger partial charge in [-0.3, -0.25) is 0 Å². The Hall–Kier alpha value is -2.67. The number of rotatable bonds is 2. The fourth-order valence-electron chi connectivity index (χ4n) is 4.06. The largest absolute Gasteiger partial charge is 0.369 e. The first-order valence-corrected chi connectivity index (χ1v) is 9.25. The number of anilines is 3. The Morgan fingerprint density at radius 1 is 1.12 bits per heavy atom. The number of aromatic nitrogens is 4. The molecule has 7 nitrogen and oxygen atoms in total. The molecule has 0 spiro atoms. The van der Waals surface area contributed by atoms with Gasteiger partial charge in [-0.2, -0.15) is 0 Å². The second-order valence-electron chi connectivity index (χ2n) is 7.11. The van der Waals surface area contributed by atoms with Gasteiger partial charge >= 0.3 is 0 Å². The second kappa shape index (κ2) is 5.95. The van der Waals surface area contributed by atoms with Gasteiger partial charge in [-0.05, 0) is 38.0 Å². The van der Waals surface area contributed by atoms with Gasteiger partial charge in [0.2, 0.25) is 0 Å². The van der Waals surface area contributed by atoms with Crippen LogP contribution in [0.2, 0.25) is 0 Å². The van der Waals surface area contributed by atoms with Crippen LogP contribution >= 0.6 is 0 Å². The average molecular weight is 349 g/mol.